The van der Waals surface area contributed by atoms with Gasteiger partial charge in [-0.05, 0) is 31.2 Å². The Kier molecular flexibility index (Phi) is 6.87. The highest BCUT2D eigenvalue weighted by Crippen LogP contribution is 2.39. The van der Waals surface area contributed by atoms with E-state index >= 15 is 0 Å². The third-order valence-corrected chi connectivity index (χ3v) is 4.22. The summed E-state index contributed by atoms with van der Waals surface area (Å²) in [4.78, 5) is 0. The molecule has 1 rings (SSSR count). The van der Waals surface area contributed by atoms with Crippen molar-refractivity contribution in [2.75, 3.05) is 13.1 Å². The highest BCUT2D eigenvalue weighted by molar-refractivity contribution is 5.16. The SMILES string of the molecule is CCCCCCC(C)(CCC)C1=CCNCC1. The van der Waals surface area contributed by atoms with E-state index in [9.17, 15) is 0 Å². The van der Waals surface area contributed by atoms with Crippen LogP contribution in [0.4, 0.5) is 0 Å². The van der Waals surface area contributed by atoms with E-state index in [2.05, 4.69) is 32.2 Å². The molecule has 1 atom stereocenters. The van der Waals surface area contributed by atoms with Gasteiger partial charge >= 0.3 is 0 Å². The molecule has 1 aliphatic heterocycles. The van der Waals surface area contributed by atoms with E-state index in [1.165, 1.54) is 57.9 Å². The van der Waals surface area contributed by atoms with Gasteiger partial charge in [-0.15, -0.1) is 0 Å². The number of nitrogens with one attached hydrogen (secondary N) is 1. The maximum Gasteiger partial charge on any atom is 0.0137 e. The molecular formula is C16H31N. The lowest BCUT2D eigenvalue weighted by atomic mass is 9.72. The van der Waals surface area contributed by atoms with Crippen LogP contribution in [0.3, 0.4) is 0 Å². The molecule has 1 unspecified atom stereocenters. The van der Waals surface area contributed by atoms with Crippen molar-refractivity contribution in [2.45, 2.75) is 72.1 Å². The van der Waals surface area contributed by atoms with Gasteiger partial charge in [-0.3, -0.25) is 0 Å². The Balaban J connectivity index is 2.51. The zero-order valence-corrected chi connectivity index (χ0v) is 12.1. The molecule has 100 valence electrons. The molecule has 0 aromatic heterocycles. The van der Waals surface area contributed by atoms with Crippen molar-refractivity contribution in [2.24, 2.45) is 5.41 Å². The zero-order chi connectivity index (χ0) is 12.6. The van der Waals surface area contributed by atoms with Crippen LogP contribution in [0.1, 0.15) is 72.1 Å². The van der Waals surface area contributed by atoms with Crippen LogP contribution in [0.25, 0.3) is 0 Å². The molecule has 17 heavy (non-hydrogen) atoms. The first kappa shape index (κ1) is 14.8. The second-order valence-corrected chi connectivity index (χ2v) is 5.80. The summed E-state index contributed by atoms with van der Waals surface area (Å²) in [6.07, 6.45) is 13.4. The molecule has 0 saturated heterocycles. The van der Waals surface area contributed by atoms with Crippen LogP contribution in [0.15, 0.2) is 11.6 Å². The van der Waals surface area contributed by atoms with Crippen molar-refractivity contribution in [3.05, 3.63) is 11.6 Å². The van der Waals surface area contributed by atoms with Crippen molar-refractivity contribution in [1.29, 1.82) is 0 Å². The summed E-state index contributed by atoms with van der Waals surface area (Å²) in [5.74, 6) is 0. The fourth-order valence-corrected chi connectivity index (χ4v) is 3.11. The summed E-state index contributed by atoms with van der Waals surface area (Å²) in [6, 6.07) is 0. The van der Waals surface area contributed by atoms with Gasteiger partial charge in [0.15, 0.2) is 0 Å². The molecule has 0 bridgehead atoms. The summed E-state index contributed by atoms with van der Waals surface area (Å²) in [7, 11) is 0. The van der Waals surface area contributed by atoms with Gasteiger partial charge in [0.1, 0.15) is 0 Å². The molecule has 0 amide bonds. The van der Waals surface area contributed by atoms with Gasteiger partial charge in [0.05, 0.1) is 0 Å². The third kappa shape index (κ3) is 4.83. The van der Waals surface area contributed by atoms with Gasteiger partial charge in [-0.25, -0.2) is 0 Å². The topological polar surface area (TPSA) is 12.0 Å². The Labute approximate surface area is 108 Å². The predicted molar refractivity (Wildman–Crippen MR) is 77.3 cm³/mol. The van der Waals surface area contributed by atoms with Crippen molar-refractivity contribution >= 4 is 0 Å². The number of unbranched alkanes of at least 4 members (excludes halogenated alkanes) is 3. The van der Waals surface area contributed by atoms with Crippen LogP contribution in [0.2, 0.25) is 0 Å². The van der Waals surface area contributed by atoms with Crippen LogP contribution in [0, 0.1) is 5.41 Å². The Hall–Kier alpha value is -0.300. The Morgan fingerprint density at radius 3 is 2.53 bits per heavy atom. The Morgan fingerprint density at radius 1 is 1.12 bits per heavy atom. The van der Waals surface area contributed by atoms with E-state index in [4.69, 9.17) is 0 Å². The lowest BCUT2D eigenvalue weighted by Crippen LogP contribution is -2.28. The first-order valence-electron chi connectivity index (χ1n) is 7.63. The van der Waals surface area contributed by atoms with E-state index in [1.54, 1.807) is 5.57 Å². The highest BCUT2D eigenvalue weighted by atomic mass is 14.9. The summed E-state index contributed by atoms with van der Waals surface area (Å²) in [5, 5.41) is 3.43. The predicted octanol–water partition coefficient (Wildman–Crippen LogP) is 4.68. The van der Waals surface area contributed by atoms with Gasteiger partial charge in [0, 0.05) is 6.54 Å². The van der Waals surface area contributed by atoms with Gasteiger partial charge in [-0.2, -0.15) is 0 Å². The monoisotopic (exact) mass is 237 g/mol. The van der Waals surface area contributed by atoms with Crippen LogP contribution in [0.5, 0.6) is 0 Å². The standard InChI is InChI=1S/C16H31N/c1-4-6-7-8-12-16(3,11-5-2)15-9-13-17-14-10-15/h9,17H,4-8,10-14H2,1-3H3. The average molecular weight is 237 g/mol. The summed E-state index contributed by atoms with van der Waals surface area (Å²) in [5.41, 5.74) is 2.22. The average Bonchev–Trinajstić information content (AvgIpc) is 2.36. The molecule has 0 fully saturated rings. The first-order chi connectivity index (χ1) is 8.23. The Bertz CT molecular complexity index is 232. The largest absolute Gasteiger partial charge is 0.313 e. The van der Waals surface area contributed by atoms with E-state index in [1.807, 2.05) is 0 Å². The second-order valence-electron chi connectivity index (χ2n) is 5.80. The van der Waals surface area contributed by atoms with Gasteiger partial charge < -0.3 is 5.32 Å². The number of hydrogen-bond donors (Lipinski definition) is 1. The Morgan fingerprint density at radius 2 is 1.94 bits per heavy atom. The third-order valence-electron chi connectivity index (χ3n) is 4.22. The van der Waals surface area contributed by atoms with E-state index in [-0.39, 0.29) is 0 Å². The fraction of sp³-hybridized carbons (Fsp3) is 0.875. The van der Waals surface area contributed by atoms with Crippen molar-refractivity contribution in [3.63, 3.8) is 0 Å². The van der Waals surface area contributed by atoms with E-state index in [0.29, 0.717) is 5.41 Å². The van der Waals surface area contributed by atoms with E-state index in [0.717, 1.165) is 6.54 Å². The molecule has 1 N–H and O–H groups in total. The zero-order valence-electron chi connectivity index (χ0n) is 12.1. The van der Waals surface area contributed by atoms with Crippen molar-refractivity contribution < 1.29 is 0 Å². The van der Waals surface area contributed by atoms with E-state index < -0.39 is 0 Å². The summed E-state index contributed by atoms with van der Waals surface area (Å²) in [6.45, 7) is 9.38. The maximum absolute atomic E-state index is 3.43. The van der Waals surface area contributed by atoms with Crippen LogP contribution in [-0.4, -0.2) is 13.1 Å². The minimum atomic E-state index is 0.491. The quantitative estimate of drug-likeness (QED) is 0.477. The summed E-state index contributed by atoms with van der Waals surface area (Å²) >= 11 is 0. The van der Waals surface area contributed by atoms with Gasteiger partial charge in [0.25, 0.3) is 0 Å². The molecule has 0 spiro atoms. The molecular weight excluding hydrogens is 206 g/mol. The van der Waals surface area contributed by atoms with Gasteiger partial charge in [-0.1, -0.05) is 64.5 Å². The van der Waals surface area contributed by atoms with Gasteiger partial charge in [0.2, 0.25) is 0 Å². The number of rotatable bonds is 8. The first-order valence-corrected chi connectivity index (χ1v) is 7.63. The van der Waals surface area contributed by atoms with Crippen molar-refractivity contribution in [3.8, 4) is 0 Å². The second kappa shape index (κ2) is 7.92. The molecule has 0 aromatic rings. The molecule has 0 aromatic carbocycles. The molecule has 1 heterocycles. The lowest BCUT2D eigenvalue weighted by molar-refractivity contribution is 0.303. The molecule has 0 aliphatic carbocycles. The van der Waals surface area contributed by atoms with Crippen LogP contribution < -0.4 is 5.32 Å². The smallest absolute Gasteiger partial charge is 0.0137 e. The molecule has 1 nitrogen and oxygen atoms in total. The normalized spacial score (nSPS) is 19.8. The lowest BCUT2D eigenvalue weighted by Gasteiger charge is -2.35. The summed E-state index contributed by atoms with van der Waals surface area (Å²) < 4.78 is 0. The molecule has 1 heteroatoms. The maximum atomic E-state index is 3.43. The minimum absolute atomic E-state index is 0.491. The molecule has 0 saturated carbocycles. The van der Waals surface area contributed by atoms with Crippen molar-refractivity contribution in [1.82, 2.24) is 5.32 Å². The van der Waals surface area contributed by atoms with Crippen LogP contribution >= 0.6 is 0 Å². The molecule has 0 radical (unpaired) electrons. The molecule has 1 aliphatic rings. The highest BCUT2D eigenvalue weighted by Gasteiger charge is 2.27. The fourth-order valence-electron chi connectivity index (χ4n) is 3.11. The minimum Gasteiger partial charge on any atom is -0.313 e. The number of hydrogen-bond acceptors (Lipinski definition) is 1. The van der Waals surface area contributed by atoms with Crippen LogP contribution in [-0.2, 0) is 0 Å².